The third kappa shape index (κ3) is 20.9. The molecule has 32 heteroatoms. The van der Waals surface area contributed by atoms with E-state index in [1.807, 2.05) is 72.8 Å². The van der Waals surface area contributed by atoms with Crippen molar-refractivity contribution in [3.63, 3.8) is 0 Å². The molecule has 0 N–H and O–H groups in total. The second kappa shape index (κ2) is 36.1. The zero-order valence-electron chi connectivity index (χ0n) is 47.3. The van der Waals surface area contributed by atoms with Gasteiger partial charge in [-0.1, -0.05) is 72.8 Å². The van der Waals surface area contributed by atoms with Gasteiger partial charge in [0.1, 0.15) is 65.2 Å². The minimum Gasteiger partial charge on any atom is -0.418 e. The second-order valence-corrected chi connectivity index (χ2v) is 28.1. The summed E-state index contributed by atoms with van der Waals surface area (Å²) in [5, 5.41) is 0. The SMILES string of the molecule is F[B-](F)(F)F.F[B-](F)(F)F.O=P(c1ccccn1)(c1ccccn1)c1ccccn1.O=P(c1ccccn1)(c1ccccn1)c1ccccn1.O=P(c1ccccn1)(c1ccccn1)c1ccccn1.O=P(c1ccccn1)(c1ccccn1)c1ccccn1.[Ag+].[Ag+]. The Morgan fingerprint density at radius 2 is 0.261 bits per heavy atom. The molecule has 92 heavy (non-hydrogen) atoms. The van der Waals surface area contributed by atoms with Gasteiger partial charge in [0.15, 0.2) is 0 Å². The van der Waals surface area contributed by atoms with Crippen molar-refractivity contribution < 1.29 is 97.5 Å². The van der Waals surface area contributed by atoms with Crippen molar-refractivity contribution in [3.05, 3.63) is 293 Å². The van der Waals surface area contributed by atoms with E-state index in [1.54, 1.807) is 220 Å². The van der Waals surface area contributed by atoms with Crippen LogP contribution >= 0.6 is 28.6 Å². The maximum atomic E-state index is 13.6. The molecule has 12 rings (SSSR count). The van der Waals surface area contributed by atoms with Crippen molar-refractivity contribution in [1.82, 2.24) is 59.8 Å². The average Bonchev–Trinajstić information content (AvgIpc) is 0.825. The molecule has 12 aromatic heterocycles. The quantitative estimate of drug-likeness (QED) is 0.0634. The minimum absolute atomic E-state index is 0. The third-order valence-corrected chi connectivity index (χ3v) is 22.6. The van der Waals surface area contributed by atoms with E-state index in [0.29, 0.717) is 65.2 Å². The summed E-state index contributed by atoms with van der Waals surface area (Å²) < 4.78 is 133. The summed E-state index contributed by atoms with van der Waals surface area (Å²) in [5.41, 5.74) is 5.97. The maximum absolute atomic E-state index is 13.6. The van der Waals surface area contributed by atoms with Gasteiger partial charge in [-0.25, -0.2) is 0 Å². The number of rotatable bonds is 12. The molecule has 0 unspecified atom stereocenters. The molecular weight excluding hydrogens is 1470 g/mol. The van der Waals surface area contributed by atoms with Crippen molar-refractivity contribution in [1.29, 1.82) is 0 Å². The van der Waals surface area contributed by atoms with Crippen LogP contribution in [0.4, 0.5) is 34.5 Å². The van der Waals surface area contributed by atoms with Gasteiger partial charge in [0.05, 0.1) is 0 Å². The molecule has 12 heterocycles. The van der Waals surface area contributed by atoms with Gasteiger partial charge in [0.2, 0.25) is 28.6 Å². The van der Waals surface area contributed by atoms with Crippen LogP contribution in [0.5, 0.6) is 0 Å². The fourth-order valence-corrected chi connectivity index (χ4v) is 17.0. The normalized spacial score (nSPS) is 11.0. The van der Waals surface area contributed by atoms with Gasteiger partial charge in [-0.15, -0.1) is 0 Å². The van der Waals surface area contributed by atoms with Crippen LogP contribution in [0.1, 0.15) is 0 Å². The van der Waals surface area contributed by atoms with Crippen molar-refractivity contribution >= 4 is 108 Å². The van der Waals surface area contributed by atoms with Crippen LogP contribution in [0.2, 0.25) is 0 Å². The van der Waals surface area contributed by atoms with Crippen LogP contribution in [0, 0.1) is 0 Å². The number of halogens is 8. The van der Waals surface area contributed by atoms with Gasteiger partial charge in [0, 0.05) is 74.4 Å². The molecule has 0 aliphatic rings. The Hall–Kier alpha value is -8.23. The minimum atomic E-state index is -6.00. The first-order chi connectivity index (χ1) is 43.3. The first-order valence-electron chi connectivity index (χ1n) is 26.4. The number of aromatic nitrogens is 12. The van der Waals surface area contributed by atoms with E-state index in [2.05, 4.69) is 59.8 Å². The van der Waals surface area contributed by atoms with E-state index >= 15 is 0 Å². The molecule has 16 nitrogen and oxygen atoms in total. The van der Waals surface area contributed by atoms with Crippen molar-refractivity contribution in [2.24, 2.45) is 0 Å². The zero-order valence-corrected chi connectivity index (χ0v) is 53.8. The smallest absolute Gasteiger partial charge is 0.418 e. The standard InChI is InChI=1S/4C15H12N3OP.2Ag.2BF4/c4*19-20(13-7-1-4-10-16-13,14-8-2-5-11-17-14)15-9-3-6-12-18-15;;;2*2-1(3,4)5/h4*1-12H;;;;/q;;;;2*+1;2*-1. The van der Waals surface area contributed by atoms with Gasteiger partial charge < -0.3 is 52.8 Å². The van der Waals surface area contributed by atoms with E-state index < -0.39 is 43.1 Å². The summed E-state index contributed by atoms with van der Waals surface area (Å²) in [5.74, 6) is 0. The number of hydrogen-bond acceptors (Lipinski definition) is 16. The molecule has 0 bridgehead atoms. The van der Waals surface area contributed by atoms with Gasteiger partial charge >= 0.3 is 59.3 Å². The van der Waals surface area contributed by atoms with Crippen molar-refractivity contribution in [3.8, 4) is 0 Å². The fraction of sp³-hybridized carbons (Fsp3) is 0. The number of pyridine rings is 12. The van der Waals surface area contributed by atoms with Crippen molar-refractivity contribution in [2.75, 3.05) is 0 Å². The van der Waals surface area contributed by atoms with Crippen LogP contribution in [0.25, 0.3) is 0 Å². The Morgan fingerprint density at radius 1 is 0.185 bits per heavy atom. The Bertz CT molecular complexity index is 3300. The molecular formula is C60H48Ag2B2F8N12O4P4. The van der Waals surface area contributed by atoms with Crippen molar-refractivity contribution in [2.45, 2.75) is 0 Å². The molecule has 0 atom stereocenters. The average molecular weight is 1510 g/mol. The van der Waals surface area contributed by atoms with Crippen LogP contribution in [-0.2, 0) is 63.0 Å². The molecule has 12 aromatic rings. The summed E-state index contributed by atoms with van der Waals surface area (Å²) in [4.78, 5) is 51.1. The van der Waals surface area contributed by atoms with E-state index in [1.165, 1.54) is 0 Å². The number of hydrogen-bond donors (Lipinski definition) is 0. The Labute approximate surface area is 554 Å². The van der Waals surface area contributed by atoms with E-state index in [4.69, 9.17) is 0 Å². The first kappa shape index (κ1) is 74.5. The molecule has 0 aliphatic heterocycles. The molecule has 0 amide bonds. The second-order valence-electron chi connectivity index (χ2n) is 17.7. The van der Waals surface area contributed by atoms with Gasteiger partial charge in [0.25, 0.3) is 0 Å². The molecule has 0 spiro atoms. The molecule has 476 valence electrons. The zero-order chi connectivity index (χ0) is 64.4. The Morgan fingerprint density at radius 3 is 0.315 bits per heavy atom. The molecule has 0 aliphatic carbocycles. The molecule has 0 radical (unpaired) electrons. The van der Waals surface area contributed by atoms with E-state index in [-0.39, 0.29) is 44.8 Å². The monoisotopic (exact) mass is 1510 g/mol. The molecule has 0 fully saturated rings. The molecule has 0 aromatic carbocycles. The van der Waals surface area contributed by atoms with E-state index in [9.17, 15) is 52.8 Å². The fourth-order valence-electron chi connectivity index (χ4n) is 7.89. The topological polar surface area (TPSA) is 223 Å². The summed E-state index contributed by atoms with van der Waals surface area (Å²) in [6.07, 6.45) is 19.6. The predicted molar refractivity (Wildman–Crippen MR) is 337 cm³/mol. The van der Waals surface area contributed by atoms with Crippen LogP contribution < -0.4 is 65.2 Å². The van der Waals surface area contributed by atoms with Crippen LogP contribution in [0.3, 0.4) is 0 Å². The summed E-state index contributed by atoms with van der Waals surface area (Å²) in [6.45, 7) is 0. The van der Waals surface area contributed by atoms with E-state index in [0.717, 1.165) is 0 Å². The van der Waals surface area contributed by atoms with Crippen LogP contribution in [-0.4, -0.2) is 74.3 Å². The predicted octanol–water partition coefficient (Wildman–Crippen LogP) is 8.64. The molecule has 0 saturated heterocycles. The van der Waals surface area contributed by atoms with Gasteiger partial charge in [-0.05, 0) is 146 Å². The maximum Gasteiger partial charge on any atom is 1.00 e. The molecule has 0 saturated carbocycles. The van der Waals surface area contributed by atoms with Crippen LogP contribution in [0.15, 0.2) is 293 Å². The third-order valence-electron chi connectivity index (χ3n) is 11.7. The number of nitrogens with zero attached hydrogens (tertiary/aromatic N) is 12. The van der Waals surface area contributed by atoms with Gasteiger partial charge in [-0.2, -0.15) is 0 Å². The first-order valence-corrected chi connectivity index (χ1v) is 33.2. The summed E-state index contributed by atoms with van der Waals surface area (Å²) in [6, 6.07) is 64.4. The Balaban J connectivity index is 0.000000210. The summed E-state index contributed by atoms with van der Waals surface area (Å²) in [7, 11) is -24.4. The summed E-state index contributed by atoms with van der Waals surface area (Å²) >= 11 is 0. The Kier molecular flexibility index (Phi) is 29.3. The largest absolute Gasteiger partial charge is 1.00 e. The van der Waals surface area contributed by atoms with Gasteiger partial charge in [-0.3, -0.25) is 59.8 Å².